The minimum Gasteiger partial charge on any atom is -0.497 e. The molecule has 110 valence electrons. The number of benzene rings is 2. The van der Waals surface area contributed by atoms with E-state index in [1.807, 2.05) is 36.4 Å². The van der Waals surface area contributed by atoms with Crippen molar-refractivity contribution < 1.29 is 14.6 Å². The summed E-state index contributed by atoms with van der Waals surface area (Å²) in [6, 6.07) is 13.5. The van der Waals surface area contributed by atoms with Crippen molar-refractivity contribution in [2.45, 2.75) is 18.6 Å². The summed E-state index contributed by atoms with van der Waals surface area (Å²) in [6.07, 6.45) is 0.125. The smallest absolute Gasteiger partial charge is 0.125 e. The zero-order valence-electron chi connectivity index (χ0n) is 12.2. The molecule has 21 heavy (non-hydrogen) atoms. The van der Waals surface area contributed by atoms with E-state index in [9.17, 15) is 5.11 Å². The number of rotatable bonds is 4. The summed E-state index contributed by atoms with van der Waals surface area (Å²) in [6.45, 7) is 0. The van der Waals surface area contributed by atoms with Crippen LogP contribution >= 0.6 is 0 Å². The maximum Gasteiger partial charge on any atom is 0.125 e. The molecule has 0 aromatic heterocycles. The van der Waals surface area contributed by atoms with E-state index in [1.54, 1.807) is 14.2 Å². The highest BCUT2D eigenvalue weighted by atomic mass is 16.5. The van der Waals surface area contributed by atoms with Crippen LogP contribution in [-0.2, 0) is 6.42 Å². The Hall–Kier alpha value is -2.20. The number of hydrogen-bond donors (Lipinski definition) is 2. The Morgan fingerprint density at radius 1 is 1.14 bits per heavy atom. The van der Waals surface area contributed by atoms with Gasteiger partial charge in [0, 0.05) is 11.3 Å². The van der Waals surface area contributed by atoms with Gasteiger partial charge < -0.3 is 19.9 Å². The molecule has 0 saturated heterocycles. The lowest BCUT2D eigenvalue weighted by Crippen LogP contribution is -2.25. The fraction of sp³-hybridized carbons (Fsp3) is 0.294. The highest BCUT2D eigenvalue weighted by Crippen LogP contribution is 2.36. The quantitative estimate of drug-likeness (QED) is 0.907. The summed E-state index contributed by atoms with van der Waals surface area (Å²) in [4.78, 5) is 0. The molecular weight excluding hydrogens is 266 g/mol. The molecule has 2 aromatic carbocycles. The van der Waals surface area contributed by atoms with E-state index in [-0.39, 0.29) is 6.04 Å². The summed E-state index contributed by atoms with van der Waals surface area (Å²) in [7, 11) is 3.22. The first-order valence-corrected chi connectivity index (χ1v) is 6.97. The molecule has 2 aromatic rings. The Balaban J connectivity index is 1.88. The van der Waals surface area contributed by atoms with Crippen molar-refractivity contribution in [1.82, 2.24) is 0 Å². The number of methoxy groups -OCH3 is 2. The average molecular weight is 285 g/mol. The Kier molecular flexibility index (Phi) is 3.71. The molecule has 0 saturated carbocycles. The molecular formula is C17H19NO3. The van der Waals surface area contributed by atoms with E-state index in [0.717, 1.165) is 17.7 Å². The number of hydrogen-bond acceptors (Lipinski definition) is 4. The van der Waals surface area contributed by atoms with Gasteiger partial charge in [0.05, 0.1) is 20.3 Å². The third-order valence-corrected chi connectivity index (χ3v) is 3.93. The van der Waals surface area contributed by atoms with Gasteiger partial charge >= 0.3 is 0 Å². The van der Waals surface area contributed by atoms with E-state index in [0.29, 0.717) is 11.5 Å². The van der Waals surface area contributed by atoms with Crippen molar-refractivity contribution in [3.05, 3.63) is 53.6 Å². The number of fused-ring (bicyclic) bond motifs is 1. The van der Waals surface area contributed by atoms with E-state index in [2.05, 4.69) is 11.4 Å². The number of aliphatic hydroxyl groups excluding tert-OH is 1. The minimum absolute atomic E-state index is 0.0663. The molecule has 0 fully saturated rings. The van der Waals surface area contributed by atoms with Crippen LogP contribution in [0.1, 0.15) is 17.2 Å². The van der Waals surface area contributed by atoms with Gasteiger partial charge in [-0.3, -0.25) is 0 Å². The van der Waals surface area contributed by atoms with Crippen molar-refractivity contribution in [2.24, 2.45) is 0 Å². The predicted molar refractivity (Wildman–Crippen MR) is 82.1 cm³/mol. The molecule has 0 aliphatic carbocycles. The van der Waals surface area contributed by atoms with Gasteiger partial charge in [-0.25, -0.2) is 0 Å². The highest BCUT2D eigenvalue weighted by Gasteiger charge is 2.29. The van der Waals surface area contributed by atoms with Gasteiger partial charge in [0.15, 0.2) is 0 Å². The second-order valence-electron chi connectivity index (χ2n) is 5.16. The first-order chi connectivity index (χ1) is 10.2. The van der Waals surface area contributed by atoms with Crippen LogP contribution in [0.3, 0.4) is 0 Å². The summed E-state index contributed by atoms with van der Waals surface area (Å²) in [5, 5.41) is 14.1. The lowest BCUT2D eigenvalue weighted by atomic mass is 9.98. The van der Waals surface area contributed by atoms with Crippen molar-refractivity contribution >= 4 is 5.69 Å². The molecule has 2 atom stereocenters. The Labute approximate surface area is 124 Å². The number of anilines is 1. The first kappa shape index (κ1) is 13.8. The van der Waals surface area contributed by atoms with Gasteiger partial charge in [-0.05, 0) is 36.2 Å². The summed E-state index contributed by atoms with van der Waals surface area (Å²) >= 11 is 0. The molecule has 1 heterocycles. The Bertz CT molecular complexity index is 617. The van der Waals surface area contributed by atoms with Gasteiger partial charge in [0.1, 0.15) is 17.6 Å². The Morgan fingerprint density at radius 2 is 1.95 bits per heavy atom. The molecule has 0 amide bonds. The number of aliphatic hydroxyl groups is 1. The molecule has 1 aliphatic rings. The summed E-state index contributed by atoms with van der Waals surface area (Å²) in [5.41, 5.74) is 3.05. The van der Waals surface area contributed by atoms with E-state index < -0.39 is 6.10 Å². The predicted octanol–water partition coefficient (Wildman–Crippen LogP) is 2.77. The van der Waals surface area contributed by atoms with Gasteiger partial charge in [-0.1, -0.05) is 18.2 Å². The van der Waals surface area contributed by atoms with Crippen LogP contribution in [0.25, 0.3) is 0 Å². The second-order valence-corrected chi connectivity index (χ2v) is 5.16. The van der Waals surface area contributed by atoms with Gasteiger partial charge in [-0.2, -0.15) is 0 Å². The second kappa shape index (κ2) is 5.66. The molecule has 2 N–H and O–H groups in total. The zero-order valence-corrected chi connectivity index (χ0v) is 12.2. The van der Waals surface area contributed by atoms with Gasteiger partial charge in [-0.15, -0.1) is 0 Å². The fourth-order valence-corrected chi connectivity index (χ4v) is 2.80. The van der Waals surface area contributed by atoms with Gasteiger partial charge in [0.2, 0.25) is 0 Å². The third kappa shape index (κ3) is 2.54. The van der Waals surface area contributed by atoms with Crippen molar-refractivity contribution in [3.8, 4) is 11.5 Å². The lowest BCUT2D eigenvalue weighted by Gasteiger charge is -2.22. The monoisotopic (exact) mass is 285 g/mol. The molecule has 4 heteroatoms. The standard InChI is InChI=1S/C17H19NO3/c1-20-12-7-8-16(21-2)13(10-12)17(19)15-9-11-5-3-4-6-14(11)18-15/h3-8,10,15,17-19H,9H2,1-2H3. The van der Waals surface area contributed by atoms with Crippen LogP contribution in [-0.4, -0.2) is 25.4 Å². The largest absolute Gasteiger partial charge is 0.497 e. The van der Waals surface area contributed by atoms with Crippen LogP contribution in [0.15, 0.2) is 42.5 Å². The topological polar surface area (TPSA) is 50.7 Å². The van der Waals surface area contributed by atoms with Crippen LogP contribution in [0, 0.1) is 0 Å². The van der Waals surface area contributed by atoms with Gasteiger partial charge in [0.25, 0.3) is 0 Å². The minimum atomic E-state index is -0.664. The van der Waals surface area contributed by atoms with Crippen LogP contribution in [0.2, 0.25) is 0 Å². The lowest BCUT2D eigenvalue weighted by molar-refractivity contribution is 0.152. The van der Waals surface area contributed by atoms with Crippen molar-refractivity contribution in [1.29, 1.82) is 0 Å². The van der Waals surface area contributed by atoms with Crippen molar-refractivity contribution in [3.63, 3.8) is 0 Å². The SMILES string of the molecule is COc1ccc(OC)c(C(O)C2Cc3ccccc3N2)c1. The molecule has 0 bridgehead atoms. The molecule has 3 rings (SSSR count). The third-order valence-electron chi connectivity index (χ3n) is 3.93. The van der Waals surface area contributed by atoms with Crippen LogP contribution in [0.4, 0.5) is 5.69 Å². The maximum atomic E-state index is 10.7. The average Bonchev–Trinajstić information content (AvgIpc) is 2.97. The highest BCUT2D eigenvalue weighted by molar-refractivity contribution is 5.57. The molecule has 4 nitrogen and oxygen atoms in total. The normalized spacial score (nSPS) is 17.8. The maximum absolute atomic E-state index is 10.7. The molecule has 0 radical (unpaired) electrons. The van der Waals surface area contributed by atoms with E-state index >= 15 is 0 Å². The Morgan fingerprint density at radius 3 is 2.67 bits per heavy atom. The van der Waals surface area contributed by atoms with Crippen molar-refractivity contribution in [2.75, 3.05) is 19.5 Å². The van der Waals surface area contributed by atoms with Crippen LogP contribution in [0.5, 0.6) is 11.5 Å². The fourth-order valence-electron chi connectivity index (χ4n) is 2.80. The van der Waals surface area contributed by atoms with E-state index in [4.69, 9.17) is 9.47 Å². The summed E-state index contributed by atoms with van der Waals surface area (Å²) in [5.74, 6) is 1.38. The molecule has 2 unspecified atom stereocenters. The zero-order chi connectivity index (χ0) is 14.8. The molecule has 1 aliphatic heterocycles. The number of para-hydroxylation sites is 1. The van der Waals surface area contributed by atoms with Crippen LogP contribution < -0.4 is 14.8 Å². The first-order valence-electron chi connectivity index (χ1n) is 6.97. The summed E-state index contributed by atoms with van der Waals surface area (Å²) < 4.78 is 10.6. The molecule has 0 spiro atoms. The number of nitrogens with one attached hydrogen (secondary N) is 1. The van der Waals surface area contributed by atoms with E-state index in [1.165, 1.54) is 5.56 Å². The number of ether oxygens (including phenoxy) is 2.